The molecule has 2 aromatic heterocycles. The van der Waals surface area contributed by atoms with E-state index in [2.05, 4.69) is 4.98 Å². The third-order valence-corrected chi connectivity index (χ3v) is 3.76. The summed E-state index contributed by atoms with van der Waals surface area (Å²) in [6, 6.07) is 7.85. The van der Waals surface area contributed by atoms with Gasteiger partial charge in [0.05, 0.1) is 38.8 Å². The molecule has 1 aromatic carbocycles. The Balaban J connectivity index is 2.21. The van der Waals surface area contributed by atoms with E-state index in [1.165, 1.54) is 19.2 Å². The van der Waals surface area contributed by atoms with Gasteiger partial charge in [0, 0.05) is 24.4 Å². The van der Waals surface area contributed by atoms with E-state index in [4.69, 9.17) is 27.9 Å². The monoisotopic (exact) mass is 337 g/mol. The fourth-order valence-corrected chi connectivity index (χ4v) is 2.85. The first-order valence-corrected chi connectivity index (χ1v) is 6.93. The molecule has 6 nitrogen and oxygen atoms in total. The number of hydrogen-bond donors (Lipinski definition) is 0. The van der Waals surface area contributed by atoms with Gasteiger partial charge in [0.25, 0.3) is 5.69 Å². The van der Waals surface area contributed by atoms with Crippen molar-refractivity contribution in [1.29, 1.82) is 0 Å². The van der Waals surface area contributed by atoms with Crippen LogP contribution >= 0.6 is 23.2 Å². The average molecular weight is 338 g/mol. The van der Waals surface area contributed by atoms with E-state index in [1.54, 1.807) is 22.9 Å². The second kappa shape index (κ2) is 5.47. The Morgan fingerprint density at radius 1 is 1.23 bits per heavy atom. The molecular weight excluding hydrogens is 329 g/mol. The number of nitro benzene ring substituents is 1. The number of nitro groups is 1. The lowest BCUT2D eigenvalue weighted by Crippen LogP contribution is -1.97. The summed E-state index contributed by atoms with van der Waals surface area (Å²) in [5.74, 6) is 0.492. The molecule has 22 heavy (non-hydrogen) atoms. The topological polar surface area (TPSA) is 70.2 Å². The van der Waals surface area contributed by atoms with Gasteiger partial charge in [-0.15, -0.1) is 0 Å². The van der Waals surface area contributed by atoms with E-state index in [-0.39, 0.29) is 15.7 Å². The van der Waals surface area contributed by atoms with E-state index >= 15 is 0 Å². The van der Waals surface area contributed by atoms with Crippen molar-refractivity contribution in [3.8, 4) is 11.6 Å². The third-order valence-electron chi connectivity index (χ3n) is 3.18. The number of non-ortho nitro benzene ring substituents is 1. The maximum absolute atomic E-state index is 10.8. The van der Waals surface area contributed by atoms with Gasteiger partial charge >= 0.3 is 0 Å². The Bertz CT molecular complexity index is 869. The molecule has 3 aromatic rings. The Morgan fingerprint density at radius 3 is 2.50 bits per heavy atom. The van der Waals surface area contributed by atoms with Crippen LogP contribution in [0.25, 0.3) is 16.7 Å². The van der Waals surface area contributed by atoms with E-state index in [1.807, 2.05) is 6.07 Å². The highest BCUT2D eigenvalue weighted by Crippen LogP contribution is 2.35. The van der Waals surface area contributed by atoms with Crippen molar-refractivity contribution in [3.63, 3.8) is 0 Å². The molecule has 0 unspecified atom stereocenters. The molecule has 8 heteroatoms. The Kier molecular flexibility index (Phi) is 3.64. The molecule has 0 radical (unpaired) electrons. The smallest absolute Gasteiger partial charge is 0.272 e. The van der Waals surface area contributed by atoms with Crippen LogP contribution in [0.3, 0.4) is 0 Å². The van der Waals surface area contributed by atoms with E-state index < -0.39 is 4.92 Å². The lowest BCUT2D eigenvalue weighted by atomic mass is 10.2. The number of ether oxygens (including phenoxy) is 1. The van der Waals surface area contributed by atoms with Crippen LogP contribution in [0.1, 0.15) is 0 Å². The highest BCUT2D eigenvalue weighted by Gasteiger charge is 2.17. The van der Waals surface area contributed by atoms with Gasteiger partial charge in [-0.2, -0.15) is 0 Å². The molecule has 0 aliphatic rings. The molecule has 2 heterocycles. The van der Waals surface area contributed by atoms with Crippen molar-refractivity contribution in [3.05, 3.63) is 56.7 Å². The van der Waals surface area contributed by atoms with E-state index in [9.17, 15) is 10.1 Å². The van der Waals surface area contributed by atoms with Crippen molar-refractivity contribution in [1.82, 2.24) is 9.55 Å². The zero-order valence-electron chi connectivity index (χ0n) is 11.3. The molecule has 0 N–H and O–H groups in total. The molecule has 0 fully saturated rings. The second-order valence-electron chi connectivity index (χ2n) is 4.46. The number of pyridine rings is 1. The van der Waals surface area contributed by atoms with Crippen molar-refractivity contribution in [2.45, 2.75) is 0 Å². The molecule has 112 valence electrons. The van der Waals surface area contributed by atoms with E-state index in [0.29, 0.717) is 17.1 Å². The summed E-state index contributed by atoms with van der Waals surface area (Å²) in [5.41, 5.74) is 1.77. The SMILES string of the molecule is COc1ccc2c(ccn2-c2c(Cl)cc([N+](=O)[O-])cc2Cl)n1. The fourth-order valence-electron chi connectivity index (χ4n) is 2.20. The molecule has 3 rings (SSSR count). The Labute approximate surface area is 135 Å². The minimum absolute atomic E-state index is 0.157. The summed E-state index contributed by atoms with van der Waals surface area (Å²) < 4.78 is 6.81. The largest absolute Gasteiger partial charge is 0.481 e. The number of nitrogens with zero attached hydrogens (tertiary/aromatic N) is 3. The zero-order chi connectivity index (χ0) is 15.9. The van der Waals surface area contributed by atoms with Crippen LogP contribution in [0.2, 0.25) is 10.0 Å². The molecule has 0 atom stereocenters. The lowest BCUT2D eigenvalue weighted by molar-refractivity contribution is -0.384. The minimum Gasteiger partial charge on any atom is -0.481 e. The molecule has 0 bridgehead atoms. The number of methoxy groups -OCH3 is 1. The molecule has 0 aliphatic heterocycles. The van der Waals surface area contributed by atoms with E-state index in [0.717, 1.165) is 5.52 Å². The van der Waals surface area contributed by atoms with Crippen LogP contribution in [-0.2, 0) is 0 Å². The molecule has 0 saturated carbocycles. The quantitative estimate of drug-likeness (QED) is 0.529. The van der Waals surface area contributed by atoms with Crippen LogP contribution < -0.4 is 4.74 Å². The standard InChI is InChI=1S/C14H9Cl2N3O3/c1-22-13-3-2-12-11(17-13)4-5-18(12)14-9(15)6-8(19(20)21)7-10(14)16/h2-7H,1H3. The molecule has 0 aliphatic carbocycles. The normalized spacial score (nSPS) is 10.9. The highest BCUT2D eigenvalue weighted by molar-refractivity contribution is 6.38. The molecule has 0 saturated heterocycles. The van der Waals surface area contributed by atoms with Crippen molar-refractivity contribution >= 4 is 39.9 Å². The predicted molar refractivity (Wildman–Crippen MR) is 84.3 cm³/mol. The van der Waals surface area contributed by atoms with Crippen LogP contribution in [0.15, 0.2) is 36.5 Å². The van der Waals surface area contributed by atoms with Crippen molar-refractivity contribution < 1.29 is 9.66 Å². The lowest BCUT2D eigenvalue weighted by Gasteiger charge is -2.10. The van der Waals surface area contributed by atoms with Crippen LogP contribution in [-0.4, -0.2) is 21.6 Å². The Morgan fingerprint density at radius 2 is 1.91 bits per heavy atom. The first-order chi connectivity index (χ1) is 10.5. The second-order valence-corrected chi connectivity index (χ2v) is 5.27. The maximum atomic E-state index is 10.8. The number of rotatable bonds is 3. The molecule has 0 amide bonds. The van der Waals surface area contributed by atoms with Gasteiger partial charge in [-0.1, -0.05) is 23.2 Å². The van der Waals surface area contributed by atoms with Crippen LogP contribution in [0.5, 0.6) is 5.88 Å². The number of aromatic nitrogens is 2. The van der Waals surface area contributed by atoms with Crippen molar-refractivity contribution in [2.24, 2.45) is 0 Å². The van der Waals surface area contributed by atoms with Gasteiger partial charge in [-0.05, 0) is 12.1 Å². The molecule has 0 spiro atoms. The summed E-state index contributed by atoms with van der Waals surface area (Å²) in [5, 5.41) is 11.2. The Hall–Kier alpha value is -2.31. The highest BCUT2D eigenvalue weighted by atomic mass is 35.5. The predicted octanol–water partition coefficient (Wildman–Crippen LogP) is 4.25. The minimum atomic E-state index is -0.540. The van der Waals surface area contributed by atoms with Gasteiger partial charge in [0.1, 0.15) is 0 Å². The van der Waals surface area contributed by atoms with Crippen LogP contribution in [0.4, 0.5) is 5.69 Å². The number of halogens is 2. The van der Waals surface area contributed by atoms with Crippen molar-refractivity contribution in [2.75, 3.05) is 7.11 Å². The molecular formula is C14H9Cl2N3O3. The summed E-state index contributed by atoms with van der Waals surface area (Å²) >= 11 is 12.3. The van der Waals surface area contributed by atoms with Gasteiger partial charge < -0.3 is 9.30 Å². The third kappa shape index (κ3) is 2.36. The van der Waals surface area contributed by atoms with Gasteiger partial charge in [0.15, 0.2) is 0 Å². The fraction of sp³-hybridized carbons (Fsp3) is 0.0714. The van der Waals surface area contributed by atoms with Crippen LogP contribution in [0, 0.1) is 10.1 Å². The van der Waals surface area contributed by atoms with Gasteiger partial charge in [0.2, 0.25) is 5.88 Å². The summed E-state index contributed by atoms with van der Waals surface area (Å²) in [7, 11) is 1.54. The first kappa shape index (κ1) is 14.6. The first-order valence-electron chi connectivity index (χ1n) is 6.17. The van der Waals surface area contributed by atoms with Gasteiger partial charge in [-0.3, -0.25) is 10.1 Å². The summed E-state index contributed by atoms with van der Waals surface area (Å²) in [4.78, 5) is 14.6. The number of benzene rings is 1. The number of hydrogen-bond acceptors (Lipinski definition) is 4. The zero-order valence-corrected chi connectivity index (χ0v) is 12.8. The average Bonchev–Trinajstić information content (AvgIpc) is 2.89. The summed E-state index contributed by atoms with van der Waals surface area (Å²) in [6.45, 7) is 0. The summed E-state index contributed by atoms with van der Waals surface area (Å²) in [6.07, 6.45) is 1.75. The number of fused-ring (bicyclic) bond motifs is 1. The van der Waals surface area contributed by atoms with Gasteiger partial charge in [-0.25, -0.2) is 4.98 Å². The maximum Gasteiger partial charge on any atom is 0.272 e.